The Hall–Kier alpha value is -1.93. The maximum Gasteiger partial charge on any atom is 0.306 e. The first-order valence-electron chi connectivity index (χ1n) is 12.8. The van der Waals surface area contributed by atoms with Crippen LogP contribution < -0.4 is 4.72 Å². The van der Waals surface area contributed by atoms with Crippen molar-refractivity contribution < 1.29 is 14.1 Å². The van der Waals surface area contributed by atoms with Gasteiger partial charge in [0.15, 0.2) is 5.82 Å². The SMILES string of the molecule is CC(C)OC(=O)C[C@@H](CCCC1CCCCC1)c1nc(CNSc2ccccn2)no1.CCC. The van der Waals surface area contributed by atoms with Gasteiger partial charge in [-0.25, -0.2) is 4.98 Å². The molecule has 0 unspecified atom stereocenters. The van der Waals surface area contributed by atoms with E-state index in [9.17, 15) is 4.79 Å². The summed E-state index contributed by atoms with van der Waals surface area (Å²) in [5.41, 5.74) is 0. The molecular formula is C26H42N4O3S. The van der Waals surface area contributed by atoms with E-state index in [-0.39, 0.29) is 24.4 Å². The normalized spacial score (nSPS) is 15.0. The van der Waals surface area contributed by atoms with Crippen LogP contribution in [0.5, 0.6) is 0 Å². The number of carbonyl (C=O) groups is 1. The van der Waals surface area contributed by atoms with Gasteiger partial charge in [-0.3, -0.25) is 9.52 Å². The number of hydrogen-bond acceptors (Lipinski definition) is 8. The lowest BCUT2D eigenvalue weighted by Crippen LogP contribution is -2.16. The van der Waals surface area contributed by atoms with Gasteiger partial charge in [0.1, 0.15) is 5.03 Å². The predicted octanol–water partition coefficient (Wildman–Crippen LogP) is 6.85. The topological polar surface area (TPSA) is 90.1 Å². The Balaban J connectivity index is 0.00000129. The molecule has 1 fully saturated rings. The summed E-state index contributed by atoms with van der Waals surface area (Å²) in [7, 11) is 0. The summed E-state index contributed by atoms with van der Waals surface area (Å²) in [5, 5.41) is 4.98. The van der Waals surface area contributed by atoms with Crippen LogP contribution in [-0.4, -0.2) is 27.2 Å². The molecule has 0 spiro atoms. The maximum atomic E-state index is 12.3. The van der Waals surface area contributed by atoms with Crippen LogP contribution >= 0.6 is 11.9 Å². The smallest absolute Gasteiger partial charge is 0.306 e. The zero-order chi connectivity index (χ0) is 24.6. The first kappa shape index (κ1) is 28.3. The first-order valence-corrected chi connectivity index (χ1v) is 13.7. The largest absolute Gasteiger partial charge is 0.463 e. The lowest BCUT2D eigenvalue weighted by atomic mass is 9.84. The van der Waals surface area contributed by atoms with Crippen LogP contribution in [0.25, 0.3) is 0 Å². The molecular weight excluding hydrogens is 448 g/mol. The highest BCUT2D eigenvalue weighted by molar-refractivity contribution is 7.97. The molecule has 0 radical (unpaired) electrons. The van der Waals surface area contributed by atoms with Crippen molar-refractivity contribution in [2.75, 3.05) is 0 Å². The number of carbonyl (C=O) groups excluding carboxylic acids is 1. The summed E-state index contributed by atoms with van der Waals surface area (Å²) in [4.78, 5) is 21.1. The van der Waals surface area contributed by atoms with Crippen LogP contribution in [-0.2, 0) is 16.1 Å². The second-order valence-electron chi connectivity index (χ2n) is 9.22. The molecule has 190 valence electrons. The highest BCUT2D eigenvalue weighted by Crippen LogP contribution is 2.31. The van der Waals surface area contributed by atoms with Gasteiger partial charge in [-0.2, -0.15) is 4.98 Å². The Kier molecular flexibility index (Phi) is 13.9. The average Bonchev–Trinajstić information content (AvgIpc) is 3.29. The number of nitrogens with zero attached hydrogens (tertiary/aromatic N) is 3. The predicted molar refractivity (Wildman–Crippen MR) is 136 cm³/mol. The Morgan fingerprint density at radius 3 is 2.68 bits per heavy atom. The lowest BCUT2D eigenvalue weighted by Gasteiger charge is -2.22. The van der Waals surface area contributed by atoms with Crippen LogP contribution in [0, 0.1) is 5.92 Å². The Bertz CT molecular complexity index is 794. The number of esters is 1. The molecule has 2 heterocycles. The fourth-order valence-electron chi connectivity index (χ4n) is 4.04. The van der Waals surface area contributed by atoms with Gasteiger partial charge in [-0.15, -0.1) is 0 Å². The van der Waals surface area contributed by atoms with E-state index in [1.807, 2.05) is 32.0 Å². The molecule has 0 aromatic carbocycles. The minimum absolute atomic E-state index is 0.0977. The van der Waals surface area contributed by atoms with Crippen molar-refractivity contribution in [1.82, 2.24) is 19.8 Å². The van der Waals surface area contributed by atoms with Crippen molar-refractivity contribution in [3.8, 4) is 0 Å². The summed E-state index contributed by atoms with van der Waals surface area (Å²) in [6.45, 7) is 8.44. The number of nitrogens with one attached hydrogen (secondary N) is 1. The van der Waals surface area contributed by atoms with E-state index in [1.54, 1.807) is 6.20 Å². The summed E-state index contributed by atoms with van der Waals surface area (Å²) in [6.07, 6.45) is 13.0. The molecule has 2 aromatic heterocycles. The molecule has 0 bridgehead atoms. The van der Waals surface area contributed by atoms with Crippen molar-refractivity contribution in [1.29, 1.82) is 0 Å². The van der Waals surface area contributed by atoms with Crippen LogP contribution in [0.15, 0.2) is 33.9 Å². The molecule has 0 aliphatic heterocycles. The van der Waals surface area contributed by atoms with Crippen LogP contribution in [0.1, 0.15) is 110 Å². The van der Waals surface area contributed by atoms with Crippen molar-refractivity contribution in [2.45, 2.75) is 115 Å². The van der Waals surface area contributed by atoms with E-state index >= 15 is 0 Å². The van der Waals surface area contributed by atoms with Gasteiger partial charge >= 0.3 is 5.97 Å². The summed E-state index contributed by atoms with van der Waals surface area (Å²) in [6, 6.07) is 5.76. The van der Waals surface area contributed by atoms with E-state index in [1.165, 1.54) is 56.9 Å². The van der Waals surface area contributed by atoms with Crippen molar-refractivity contribution in [3.05, 3.63) is 36.1 Å². The quantitative estimate of drug-likeness (QED) is 0.255. The number of pyridine rings is 1. The molecule has 1 saturated carbocycles. The molecule has 1 aliphatic rings. The van der Waals surface area contributed by atoms with Gasteiger partial charge < -0.3 is 9.26 Å². The summed E-state index contributed by atoms with van der Waals surface area (Å²) >= 11 is 1.42. The lowest BCUT2D eigenvalue weighted by molar-refractivity contribution is -0.148. The number of rotatable bonds is 12. The molecule has 34 heavy (non-hydrogen) atoms. The molecule has 7 nitrogen and oxygen atoms in total. The second-order valence-corrected chi connectivity index (χ2v) is 10.1. The second kappa shape index (κ2) is 16.7. The Morgan fingerprint density at radius 2 is 2.00 bits per heavy atom. The fraction of sp³-hybridized carbons (Fsp3) is 0.692. The van der Waals surface area contributed by atoms with Crippen molar-refractivity contribution in [2.24, 2.45) is 5.92 Å². The zero-order valence-electron chi connectivity index (χ0n) is 21.3. The minimum atomic E-state index is -0.207. The fourth-order valence-corrected chi connectivity index (χ4v) is 4.65. The molecule has 2 aromatic rings. The molecule has 8 heteroatoms. The molecule has 1 atom stereocenters. The minimum Gasteiger partial charge on any atom is -0.463 e. The van der Waals surface area contributed by atoms with Gasteiger partial charge in [-0.1, -0.05) is 76.4 Å². The van der Waals surface area contributed by atoms with E-state index in [4.69, 9.17) is 9.26 Å². The first-order chi connectivity index (χ1) is 16.5. The number of ether oxygens (including phenoxy) is 1. The van der Waals surface area contributed by atoms with E-state index < -0.39 is 0 Å². The molecule has 3 rings (SSSR count). The van der Waals surface area contributed by atoms with Gasteiger partial charge in [0.2, 0.25) is 5.89 Å². The third-order valence-corrected chi connectivity index (χ3v) is 6.29. The van der Waals surface area contributed by atoms with Gasteiger partial charge in [0.05, 0.1) is 19.1 Å². The van der Waals surface area contributed by atoms with Gasteiger partial charge in [-0.05, 0) is 50.3 Å². The van der Waals surface area contributed by atoms with Crippen LogP contribution in [0.4, 0.5) is 0 Å². The summed E-state index contributed by atoms with van der Waals surface area (Å²) < 4.78 is 14.1. The van der Waals surface area contributed by atoms with Crippen LogP contribution in [0.3, 0.4) is 0 Å². The monoisotopic (exact) mass is 490 g/mol. The number of hydrogen-bond donors (Lipinski definition) is 1. The summed E-state index contributed by atoms with van der Waals surface area (Å²) in [5.74, 6) is 1.63. The molecule has 1 N–H and O–H groups in total. The standard InChI is InChI=1S/C23H34N4O3S.C3H8/c1-17(2)29-22(28)15-19(12-8-11-18-9-4-3-5-10-18)23-26-20(27-30-23)16-25-31-21-13-6-7-14-24-21;1-3-2/h6-7,13-14,17-19,25H,3-5,8-12,15-16H2,1-2H3;3H2,1-2H3/t19-;/m1./s1. The van der Waals surface area contributed by atoms with Crippen molar-refractivity contribution in [3.63, 3.8) is 0 Å². The zero-order valence-corrected chi connectivity index (χ0v) is 22.1. The van der Waals surface area contributed by atoms with E-state index in [0.717, 1.165) is 23.8 Å². The third-order valence-electron chi connectivity index (χ3n) is 5.55. The van der Waals surface area contributed by atoms with Gasteiger partial charge in [0, 0.05) is 12.1 Å². The van der Waals surface area contributed by atoms with E-state index in [0.29, 0.717) is 18.3 Å². The molecule has 0 amide bonds. The molecule has 0 saturated heterocycles. The third kappa shape index (κ3) is 11.5. The average molecular weight is 491 g/mol. The Labute approximate surface area is 209 Å². The van der Waals surface area contributed by atoms with Gasteiger partial charge in [0.25, 0.3) is 0 Å². The maximum absolute atomic E-state index is 12.3. The van der Waals surface area contributed by atoms with E-state index in [2.05, 4.69) is 33.7 Å². The number of aromatic nitrogens is 3. The molecule has 1 aliphatic carbocycles. The highest BCUT2D eigenvalue weighted by Gasteiger charge is 2.24. The van der Waals surface area contributed by atoms with Crippen molar-refractivity contribution >= 4 is 17.9 Å². The van der Waals surface area contributed by atoms with Crippen LogP contribution in [0.2, 0.25) is 0 Å². The Morgan fingerprint density at radius 1 is 1.24 bits per heavy atom. The highest BCUT2D eigenvalue weighted by atomic mass is 32.2.